The van der Waals surface area contributed by atoms with Crippen molar-refractivity contribution in [3.8, 4) is 22.5 Å². The number of benzene rings is 3. The van der Waals surface area contributed by atoms with Crippen LogP contribution in [-0.2, 0) is 22.7 Å². The molecule has 1 aromatic heterocycles. The highest BCUT2D eigenvalue weighted by molar-refractivity contribution is 8.01. The van der Waals surface area contributed by atoms with Crippen LogP contribution in [-0.4, -0.2) is 54.5 Å². The van der Waals surface area contributed by atoms with Gasteiger partial charge in [0.2, 0.25) is 11.7 Å². The van der Waals surface area contributed by atoms with Gasteiger partial charge in [-0.3, -0.25) is 9.59 Å². The van der Waals surface area contributed by atoms with E-state index in [2.05, 4.69) is 44.1 Å². The Hall–Kier alpha value is -3.67. The van der Waals surface area contributed by atoms with Crippen LogP contribution in [0.2, 0.25) is 0 Å². The molecule has 4 N–H and O–H groups in total. The van der Waals surface area contributed by atoms with Gasteiger partial charge in [-0.1, -0.05) is 66.4 Å². The third kappa shape index (κ3) is 6.55. The number of rotatable bonds is 8. The maximum atomic E-state index is 13.8. The molecule has 0 unspecified atom stereocenters. The molecular weight excluding hydrogens is 543 g/mol. The van der Waals surface area contributed by atoms with Crippen molar-refractivity contribution < 1.29 is 9.59 Å². The largest absolute Gasteiger partial charge is 0.336 e. The lowest BCUT2D eigenvalue weighted by Gasteiger charge is -2.26. The van der Waals surface area contributed by atoms with Gasteiger partial charge in [0.25, 0.3) is 5.91 Å². The maximum Gasteiger partial charge on any atom is 0.256 e. The molecule has 0 bridgehead atoms. The van der Waals surface area contributed by atoms with E-state index in [9.17, 15) is 9.59 Å². The van der Waals surface area contributed by atoms with Crippen molar-refractivity contribution in [1.29, 1.82) is 0 Å². The summed E-state index contributed by atoms with van der Waals surface area (Å²) in [5.41, 5.74) is 10.3. The summed E-state index contributed by atoms with van der Waals surface area (Å²) in [4.78, 5) is 30.5. The quantitative estimate of drug-likeness (QED) is 0.264. The highest BCUT2D eigenvalue weighted by Gasteiger charge is 2.32. The van der Waals surface area contributed by atoms with Gasteiger partial charge in [-0.05, 0) is 59.7 Å². The number of tetrazole rings is 1. The first-order valence-corrected chi connectivity index (χ1v) is 14.9. The predicted octanol–water partition coefficient (Wildman–Crippen LogP) is 4.46. The van der Waals surface area contributed by atoms with Crippen LogP contribution >= 0.6 is 23.5 Å². The van der Waals surface area contributed by atoms with Crippen LogP contribution in [0, 0.1) is 0 Å². The number of nitrogens with one attached hydrogen (secondary N) is 2. The minimum atomic E-state index is -0.741. The van der Waals surface area contributed by atoms with E-state index in [1.165, 1.54) is 11.8 Å². The van der Waals surface area contributed by atoms with Crippen LogP contribution < -0.4 is 11.1 Å². The van der Waals surface area contributed by atoms with E-state index >= 15 is 0 Å². The number of hydrogen-bond acceptors (Lipinski definition) is 8. The predicted molar refractivity (Wildman–Crippen MR) is 158 cm³/mol. The van der Waals surface area contributed by atoms with Crippen LogP contribution in [0.3, 0.4) is 0 Å². The second kappa shape index (κ2) is 11.8. The summed E-state index contributed by atoms with van der Waals surface area (Å²) >= 11 is 3.03. The molecule has 1 aliphatic heterocycles. The topological polar surface area (TPSA) is 130 Å². The monoisotopic (exact) mass is 573 g/mol. The maximum absolute atomic E-state index is 13.8. The lowest BCUT2D eigenvalue weighted by Crippen LogP contribution is -2.47. The Morgan fingerprint density at radius 2 is 1.90 bits per heavy atom. The molecular formula is C29H31N7O2S2. The first kappa shape index (κ1) is 27.9. The molecule has 1 atom stereocenters. The molecule has 0 saturated carbocycles. The third-order valence-electron chi connectivity index (χ3n) is 6.48. The average molecular weight is 574 g/mol. The number of nitrogens with zero attached hydrogens (tertiary/aromatic N) is 4. The Labute approximate surface area is 241 Å². The van der Waals surface area contributed by atoms with E-state index in [4.69, 9.17) is 5.73 Å². The molecule has 9 nitrogen and oxygen atoms in total. The van der Waals surface area contributed by atoms with Gasteiger partial charge in [0.1, 0.15) is 0 Å². The van der Waals surface area contributed by atoms with Crippen molar-refractivity contribution in [2.75, 3.05) is 6.26 Å². The normalized spacial score (nSPS) is 15.4. The standard InChI is InChI=1S/C29H31N7O2S2/c1-29(2,30)15-25(37)31-27-28(38)36(17-20-12-13-21(39-3)14-24(20)40-27)16-18-8-10-19(11-9-18)22-6-4-5-7-23(22)26-32-34-35-33-26/h4-14,27H,15-17,30H2,1-3H3,(H,31,37)(H,32,33,34,35)/t27-/m1/s1. The molecule has 0 radical (unpaired) electrons. The molecule has 2 amide bonds. The fourth-order valence-corrected chi connectivity index (χ4v) is 6.27. The van der Waals surface area contributed by atoms with Gasteiger partial charge in [0.05, 0.1) is 0 Å². The van der Waals surface area contributed by atoms with Gasteiger partial charge >= 0.3 is 0 Å². The number of amides is 2. The number of hydrogen-bond donors (Lipinski definition) is 3. The summed E-state index contributed by atoms with van der Waals surface area (Å²) < 4.78 is 0. The highest BCUT2D eigenvalue weighted by Crippen LogP contribution is 2.35. The Kier molecular flexibility index (Phi) is 8.24. The Balaban J connectivity index is 1.40. The summed E-state index contributed by atoms with van der Waals surface area (Å²) in [6, 6.07) is 22.2. The van der Waals surface area contributed by atoms with Crippen LogP contribution in [0.1, 0.15) is 31.4 Å². The van der Waals surface area contributed by atoms with Gasteiger partial charge in [0, 0.05) is 40.4 Å². The van der Waals surface area contributed by atoms with E-state index in [0.29, 0.717) is 18.9 Å². The molecule has 0 aliphatic carbocycles. The molecule has 0 fully saturated rings. The van der Waals surface area contributed by atoms with E-state index in [1.54, 1.807) is 30.5 Å². The minimum Gasteiger partial charge on any atom is -0.336 e. The number of thioether (sulfide) groups is 2. The summed E-state index contributed by atoms with van der Waals surface area (Å²) in [7, 11) is 0. The van der Waals surface area contributed by atoms with Crippen molar-refractivity contribution in [2.45, 2.75) is 54.1 Å². The van der Waals surface area contributed by atoms with E-state index in [1.807, 2.05) is 54.8 Å². The highest BCUT2D eigenvalue weighted by atomic mass is 32.2. The lowest BCUT2D eigenvalue weighted by atomic mass is 9.98. The Morgan fingerprint density at radius 3 is 2.58 bits per heavy atom. The Morgan fingerprint density at radius 1 is 1.15 bits per heavy atom. The summed E-state index contributed by atoms with van der Waals surface area (Å²) in [5, 5.41) is 16.6. The molecule has 11 heteroatoms. The zero-order valence-corrected chi connectivity index (χ0v) is 24.2. The summed E-state index contributed by atoms with van der Waals surface area (Å²) in [6.07, 6.45) is 2.15. The molecule has 0 spiro atoms. The number of aromatic amines is 1. The second-order valence-corrected chi connectivity index (χ2v) is 12.4. The summed E-state index contributed by atoms with van der Waals surface area (Å²) in [6.45, 7) is 4.45. The first-order chi connectivity index (χ1) is 19.2. The van der Waals surface area contributed by atoms with E-state index < -0.39 is 10.9 Å². The van der Waals surface area contributed by atoms with Crippen LogP contribution in [0.25, 0.3) is 22.5 Å². The van der Waals surface area contributed by atoms with Crippen LogP contribution in [0.4, 0.5) is 0 Å². The summed E-state index contributed by atoms with van der Waals surface area (Å²) in [5.74, 6) is 0.149. The molecule has 206 valence electrons. The van der Waals surface area contributed by atoms with Crippen molar-refractivity contribution >= 4 is 35.3 Å². The zero-order chi connectivity index (χ0) is 28.3. The average Bonchev–Trinajstić information content (AvgIpc) is 3.43. The van der Waals surface area contributed by atoms with Crippen LogP contribution in [0.15, 0.2) is 76.5 Å². The Bertz CT molecular complexity index is 1500. The number of H-pyrrole nitrogens is 1. The number of carbonyl (C=O) groups excluding carboxylic acids is 2. The lowest BCUT2D eigenvalue weighted by molar-refractivity contribution is -0.135. The van der Waals surface area contributed by atoms with Gasteiger partial charge in [-0.25, -0.2) is 0 Å². The van der Waals surface area contributed by atoms with E-state index in [0.717, 1.165) is 37.6 Å². The van der Waals surface area contributed by atoms with Crippen molar-refractivity contribution in [1.82, 2.24) is 30.8 Å². The molecule has 3 aromatic carbocycles. The molecule has 5 rings (SSSR count). The third-order valence-corrected chi connectivity index (χ3v) is 8.39. The zero-order valence-electron chi connectivity index (χ0n) is 22.5. The van der Waals surface area contributed by atoms with E-state index in [-0.39, 0.29) is 18.2 Å². The molecule has 1 aliphatic rings. The number of carbonyl (C=O) groups is 2. The number of aromatic nitrogens is 4. The van der Waals surface area contributed by atoms with Gasteiger partial charge < -0.3 is 16.0 Å². The van der Waals surface area contributed by atoms with Gasteiger partial charge in [-0.2, -0.15) is 5.21 Å². The molecule has 0 saturated heterocycles. The fraction of sp³-hybridized carbons (Fsp3) is 0.276. The van der Waals surface area contributed by atoms with Gasteiger partial charge in [-0.15, -0.1) is 22.0 Å². The minimum absolute atomic E-state index is 0.127. The first-order valence-electron chi connectivity index (χ1n) is 12.8. The fourth-order valence-electron chi connectivity index (χ4n) is 4.58. The number of fused-ring (bicyclic) bond motifs is 1. The van der Waals surface area contributed by atoms with Crippen molar-refractivity contribution in [3.63, 3.8) is 0 Å². The van der Waals surface area contributed by atoms with Crippen molar-refractivity contribution in [3.05, 3.63) is 77.9 Å². The number of nitrogens with two attached hydrogens (primary N) is 1. The smallest absolute Gasteiger partial charge is 0.256 e. The van der Waals surface area contributed by atoms with Crippen molar-refractivity contribution in [2.24, 2.45) is 5.73 Å². The molecule has 2 heterocycles. The molecule has 4 aromatic rings. The van der Waals surface area contributed by atoms with Gasteiger partial charge in [0.15, 0.2) is 5.37 Å². The second-order valence-electron chi connectivity index (χ2n) is 10.4. The van der Waals surface area contributed by atoms with Crippen LogP contribution in [0.5, 0.6) is 0 Å². The SMILES string of the molecule is CSc1ccc2c(c1)S[C@@H](NC(=O)CC(C)(C)N)C(=O)N(Cc1ccc(-c3ccccc3-c3nn[nH]n3)cc1)C2. The molecule has 40 heavy (non-hydrogen) atoms.